The van der Waals surface area contributed by atoms with Gasteiger partial charge in [-0.05, 0) is 47.0 Å². The first-order chi connectivity index (χ1) is 8.37. The van der Waals surface area contributed by atoms with Crippen LogP contribution in [0, 0.1) is 6.92 Å². The smallest absolute Gasteiger partial charge is 0.188 e. The molecule has 0 amide bonds. The molecule has 0 aliphatic heterocycles. The van der Waals surface area contributed by atoms with E-state index in [1.54, 1.807) is 11.3 Å². The lowest BCUT2D eigenvalue weighted by Gasteiger charge is -2.20. The first kappa shape index (κ1) is 18.6. The van der Waals surface area contributed by atoms with Gasteiger partial charge in [-0.15, -0.1) is 35.3 Å². The van der Waals surface area contributed by atoms with Crippen molar-refractivity contribution in [1.29, 1.82) is 0 Å². The second-order valence-electron chi connectivity index (χ2n) is 5.48. The number of rotatable bonds is 5. The second-order valence-corrected chi connectivity index (χ2v) is 6.42. The number of thiazole rings is 1. The van der Waals surface area contributed by atoms with Gasteiger partial charge < -0.3 is 11.1 Å². The molecule has 1 aromatic heterocycles. The van der Waals surface area contributed by atoms with Crippen LogP contribution in [-0.2, 0) is 6.42 Å². The highest BCUT2D eigenvalue weighted by Gasteiger charge is 2.09. The molecule has 19 heavy (non-hydrogen) atoms. The van der Waals surface area contributed by atoms with Gasteiger partial charge in [-0.1, -0.05) is 0 Å². The molecule has 110 valence electrons. The summed E-state index contributed by atoms with van der Waals surface area (Å²) in [4.78, 5) is 8.75. The SMILES string of the molecule is Cc1csc(CCCCN=C(N)NC(C)(C)C)n1.I. The summed E-state index contributed by atoms with van der Waals surface area (Å²) in [7, 11) is 0. The molecule has 4 nitrogen and oxygen atoms in total. The van der Waals surface area contributed by atoms with Crippen LogP contribution in [0.2, 0.25) is 0 Å². The maximum absolute atomic E-state index is 5.79. The third-order valence-corrected chi connectivity index (χ3v) is 3.28. The first-order valence-electron chi connectivity index (χ1n) is 6.36. The fourth-order valence-corrected chi connectivity index (χ4v) is 2.35. The van der Waals surface area contributed by atoms with Gasteiger partial charge in [0.25, 0.3) is 0 Å². The minimum absolute atomic E-state index is 0. The number of halogens is 1. The average Bonchev–Trinajstić information content (AvgIpc) is 2.61. The van der Waals surface area contributed by atoms with Gasteiger partial charge in [0.05, 0.1) is 5.01 Å². The maximum Gasteiger partial charge on any atom is 0.188 e. The Kier molecular flexibility index (Phi) is 8.56. The number of nitrogens with zero attached hydrogens (tertiary/aromatic N) is 2. The zero-order chi connectivity index (χ0) is 13.6. The van der Waals surface area contributed by atoms with Crippen molar-refractivity contribution in [2.45, 2.75) is 52.5 Å². The third-order valence-electron chi connectivity index (χ3n) is 2.25. The minimum atomic E-state index is -0.0218. The minimum Gasteiger partial charge on any atom is -0.370 e. The van der Waals surface area contributed by atoms with Crippen molar-refractivity contribution in [3.8, 4) is 0 Å². The first-order valence-corrected chi connectivity index (χ1v) is 7.24. The van der Waals surface area contributed by atoms with E-state index < -0.39 is 0 Å². The molecule has 1 aromatic rings. The Morgan fingerprint density at radius 2 is 2.11 bits per heavy atom. The van der Waals surface area contributed by atoms with Crippen molar-refractivity contribution in [3.63, 3.8) is 0 Å². The van der Waals surface area contributed by atoms with E-state index in [9.17, 15) is 0 Å². The molecule has 0 aliphatic carbocycles. The number of nitrogens with one attached hydrogen (secondary N) is 1. The van der Waals surface area contributed by atoms with Crippen LogP contribution in [0.3, 0.4) is 0 Å². The third kappa shape index (κ3) is 9.21. The van der Waals surface area contributed by atoms with Crippen molar-refractivity contribution in [1.82, 2.24) is 10.3 Å². The summed E-state index contributed by atoms with van der Waals surface area (Å²) in [6, 6.07) is 0. The summed E-state index contributed by atoms with van der Waals surface area (Å²) in [6.07, 6.45) is 3.20. The van der Waals surface area contributed by atoms with Gasteiger partial charge in [0.1, 0.15) is 0 Å². The number of guanidine groups is 1. The molecule has 0 saturated carbocycles. The summed E-state index contributed by atoms with van der Waals surface area (Å²) in [5.74, 6) is 0.535. The Hall–Kier alpha value is -0.370. The number of unbranched alkanes of at least 4 members (excludes halogenated alkanes) is 1. The van der Waals surface area contributed by atoms with Crippen LogP contribution < -0.4 is 11.1 Å². The van der Waals surface area contributed by atoms with Crippen LogP contribution in [-0.4, -0.2) is 23.0 Å². The molecule has 0 spiro atoms. The van der Waals surface area contributed by atoms with Gasteiger partial charge >= 0.3 is 0 Å². The largest absolute Gasteiger partial charge is 0.370 e. The van der Waals surface area contributed by atoms with Crippen molar-refractivity contribution >= 4 is 41.3 Å². The quantitative estimate of drug-likeness (QED) is 0.348. The Labute approximate surface area is 137 Å². The Morgan fingerprint density at radius 1 is 1.42 bits per heavy atom. The highest BCUT2D eigenvalue weighted by atomic mass is 127. The molecule has 1 rings (SSSR count). The van der Waals surface area contributed by atoms with E-state index in [-0.39, 0.29) is 29.5 Å². The topological polar surface area (TPSA) is 63.3 Å². The van der Waals surface area contributed by atoms with E-state index in [4.69, 9.17) is 5.73 Å². The number of hydrogen-bond donors (Lipinski definition) is 2. The predicted molar refractivity (Wildman–Crippen MR) is 94.6 cm³/mol. The van der Waals surface area contributed by atoms with Gasteiger partial charge in [-0.2, -0.15) is 0 Å². The summed E-state index contributed by atoms with van der Waals surface area (Å²) in [5.41, 5.74) is 6.88. The summed E-state index contributed by atoms with van der Waals surface area (Å²) < 4.78 is 0. The van der Waals surface area contributed by atoms with Gasteiger partial charge in [0.2, 0.25) is 0 Å². The monoisotopic (exact) mass is 396 g/mol. The Bertz CT molecular complexity index is 396. The fourth-order valence-electron chi connectivity index (χ4n) is 1.53. The number of nitrogens with two attached hydrogens (primary N) is 1. The van der Waals surface area contributed by atoms with Gasteiger partial charge in [-0.3, -0.25) is 4.99 Å². The molecule has 0 unspecified atom stereocenters. The number of aryl methyl sites for hydroxylation is 2. The molecule has 6 heteroatoms. The molecule has 0 atom stereocenters. The molecule has 0 fully saturated rings. The second kappa shape index (κ2) is 8.73. The lowest BCUT2D eigenvalue weighted by Crippen LogP contribution is -2.45. The van der Waals surface area contributed by atoms with E-state index in [0.717, 1.165) is 31.5 Å². The van der Waals surface area contributed by atoms with Gasteiger partial charge in [-0.25, -0.2) is 4.98 Å². The van der Waals surface area contributed by atoms with E-state index in [2.05, 4.69) is 41.4 Å². The van der Waals surface area contributed by atoms with Crippen molar-refractivity contribution in [2.24, 2.45) is 10.7 Å². The summed E-state index contributed by atoms with van der Waals surface area (Å²) in [5, 5.41) is 6.46. The standard InChI is InChI=1S/C13H24N4S.HI/c1-10-9-18-11(16-10)7-5-6-8-15-12(14)17-13(2,3)4;/h9H,5-8H2,1-4H3,(H3,14,15,17);1H. The van der Waals surface area contributed by atoms with Crippen LogP contribution in [0.25, 0.3) is 0 Å². The highest BCUT2D eigenvalue weighted by molar-refractivity contribution is 14.0. The molecule has 0 aromatic carbocycles. The van der Waals surface area contributed by atoms with E-state index >= 15 is 0 Å². The lowest BCUT2D eigenvalue weighted by molar-refractivity contribution is 0.508. The number of hydrogen-bond acceptors (Lipinski definition) is 3. The van der Waals surface area contributed by atoms with Gasteiger partial charge in [0, 0.05) is 23.2 Å². The lowest BCUT2D eigenvalue weighted by atomic mass is 10.1. The van der Waals surface area contributed by atoms with Crippen molar-refractivity contribution in [3.05, 3.63) is 16.1 Å². The van der Waals surface area contributed by atoms with E-state index in [1.165, 1.54) is 5.01 Å². The van der Waals surface area contributed by atoms with Crippen LogP contribution in [0.1, 0.15) is 44.3 Å². The summed E-state index contributed by atoms with van der Waals surface area (Å²) >= 11 is 1.74. The molecular formula is C13H25IN4S. The van der Waals surface area contributed by atoms with E-state index in [0.29, 0.717) is 5.96 Å². The number of aromatic nitrogens is 1. The Balaban J connectivity index is 0.00000324. The van der Waals surface area contributed by atoms with Gasteiger partial charge in [0.15, 0.2) is 5.96 Å². The number of aliphatic imine (C=N–C) groups is 1. The van der Waals surface area contributed by atoms with Crippen molar-refractivity contribution < 1.29 is 0 Å². The predicted octanol–water partition coefficient (Wildman–Crippen LogP) is 3.10. The van der Waals surface area contributed by atoms with E-state index in [1.807, 2.05) is 6.92 Å². The zero-order valence-electron chi connectivity index (χ0n) is 12.2. The Morgan fingerprint density at radius 3 is 2.63 bits per heavy atom. The normalized spacial score (nSPS) is 12.1. The van der Waals surface area contributed by atoms with Crippen LogP contribution in [0.5, 0.6) is 0 Å². The van der Waals surface area contributed by atoms with Crippen LogP contribution >= 0.6 is 35.3 Å². The van der Waals surface area contributed by atoms with Crippen LogP contribution in [0.15, 0.2) is 10.4 Å². The maximum atomic E-state index is 5.79. The molecule has 3 N–H and O–H groups in total. The zero-order valence-corrected chi connectivity index (χ0v) is 15.3. The van der Waals surface area contributed by atoms with Crippen LogP contribution in [0.4, 0.5) is 0 Å². The highest BCUT2D eigenvalue weighted by Crippen LogP contribution is 2.11. The fraction of sp³-hybridized carbons (Fsp3) is 0.692. The molecule has 0 radical (unpaired) electrons. The molecule has 0 aliphatic rings. The molecule has 0 saturated heterocycles. The summed E-state index contributed by atoms with van der Waals surface area (Å²) in [6.45, 7) is 9.02. The average molecular weight is 396 g/mol. The molecule has 0 bridgehead atoms. The van der Waals surface area contributed by atoms with Crippen molar-refractivity contribution in [2.75, 3.05) is 6.54 Å². The molecule has 1 heterocycles. The molecular weight excluding hydrogens is 371 g/mol.